The molecule has 28 heavy (non-hydrogen) atoms. The Morgan fingerprint density at radius 2 is 1.68 bits per heavy atom. The lowest BCUT2D eigenvalue weighted by Crippen LogP contribution is -2.55. The Hall–Kier alpha value is -1.81. The van der Waals surface area contributed by atoms with Crippen molar-refractivity contribution in [3.63, 3.8) is 0 Å². The van der Waals surface area contributed by atoms with Gasteiger partial charge in [-0.15, -0.1) is 0 Å². The van der Waals surface area contributed by atoms with Gasteiger partial charge in [-0.05, 0) is 30.3 Å². The second-order valence-electron chi connectivity index (χ2n) is 7.10. The maximum absolute atomic E-state index is 12.4. The number of carbonyl (C=O) groups excluding carboxylic acids is 3. The van der Waals surface area contributed by atoms with Gasteiger partial charge in [-0.3, -0.25) is 14.4 Å². The van der Waals surface area contributed by atoms with Crippen molar-refractivity contribution in [2.45, 2.75) is 58.7 Å². The van der Waals surface area contributed by atoms with E-state index < -0.39 is 41.8 Å². The van der Waals surface area contributed by atoms with Gasteiger partial charge in [0.25, 0.3) is 0 Å². The number of carboxylic acid groups (broad SMARTS) is 1. The highest BCUT2D eigenvalue weighted by molar-refractivity contribution is 7.98. The van der Waals surface area contributed by atoms with Gasteiger partial charge in [-0.25, -0.2) is 4.79 Å². The van der Waals surface area contributed by atoms with Crippen LogP contribution < -0.4 is 21.7 Å². The van der Waals surface area contributed by atoms with Crippen LogP contribution in [-0.4, -0.2) is 65.5 Å². The van der Waals surface area contributed by atoms with E-state index in [1.807, 2.05) is 20.1 Å². The minimum Gasteiger partial charge on any atom is -0.480 e. The highest BCUT2D eigenvalue weighted by Crippen LogP contribution is 2.07. The van der Waals surface area contributed by atoms with Gasteiger partial charge in [-0.1, -0.05) is 34.1 Å². The van der Waals surface area contributed by atoms with Gasteiger partial charge in [0, 0.05) is 0 Å². The Morgan fingerprint density at radius 3 is 2.14 bits per heavy atom. The third kappa shape index (κ3) is 9.41. The second kappa shape index (κ2) is 13.4. The van der Waals surface area contributed by atoms with Crippen LogP contribution >= 0.6 is 11.8 Å². The van der Waals surface area contributed by atoms with Crippen LogP contribution in [0.25, 0.3) is 0 Å². The zero-order chi connectivity index (χ0) is 21.9. The smallest absolute Gasteiger partial charge is 0.326 e. The minimum absolute atomic E-state index is 0.0287. The number of hydrogen-bond donors (Lipinski definition) is 5. The van der Waals surface area contributed by atoms with Crippen LogP contribution in [0.5, 0.6) is 0 Å². The molecule has 0 aliphatic heterocycles. The molecule has 10 heteroatoms. The zero-order valence-electron chi connectivity index (χ0n) is 17.3. The van der Waals surface area contributed by atoms with Crippen LogP contribution in [0, 0.1) is 11.8 Å². The van der Waals surface area contributed by atoms with Gasteiger partial charge < -0.3 is 26.8 Å². The molecule has 3 amide bonds. The van der Waals surface area contributed by atoms with Crippen LogP contribution in [0.4, 0.5) is 0 Å². The van der Waals surface area contributed by atoms with Crippen molar-refractivity contribution in [1.82, 2.24) is 16.0 Å². The summed E-state index contributed by atoms with van der Waals surface area (Å²) >= 11 is 1.53. The van der Waals surface area contributed by atoms with Crippen LogP contribution in [0.2, 0.25) is 0 Å². The lowest BCUT2D eigenvalue weighted by Gasteiger charge is -2.23. The van der Waals surface area contributed by atoms with Gasteiger partial charge in [0.2, 0.25) is 17.7 Å². The van der Waals surface area contributed by atoms with Crippen molar-refractivity contribution in [3.05, 3.63) is 0 Å². The largest absolute Gasteiger partial charge is 0.480 e. The van der Waals surface area contributed by atoms with Gasteiger partial charge in [0.15, 0.2) is 0 Å². The molecule has 0 spiro atoms. The molecule has 0 aromatic heterocycles. The van der Waals surface area contributed by atoms with E-state index in [1.165, 1.54) is 11.8 Å². The van der Waals surface area contributed by atoms with Crippen molar-refractivity contribution in [2.75, 3.05) is 18.6 Å². The van der Waals surface area contributed by atoms with Crippen LogP contribution in [0.3, 0.4) is 0 Å². The SMILES string of the molecule is CCC(C)C(N)C(=O)NC(CCSC)C(=O)NCC(=O)NC(C(=O)O)C(C)C. The summed E-state index contributed by atoms with van der Waals surface area (Å²) in [6.07, 6.45) is 3.00. The highest BCUT2D eigenvalue weighted by atomic mass is 32.2. The normalized spacial score (nSPS) is 15.2. The zero-order valence-corrected chi connectivity index (χ0v) is 18.1. The van der Waals surface area contributed by atoms with E-state index in [9.17, 15) is 19.2 Å². The molecular formula is C18H34N4O5S. The Morgan fingerprint density at radius 1 is 1.07 bits per heavy atom. The molecular weight excluding hydrogens is 384 g/mol. The molecule has 0 aliphatic carbocycles. The Labute approximate surface area is 170 Å². The molecule has 9 nitrogen and oxygen atoms in total. The third-order valence-electron chi connectivity index (χ3n) is 4.48. The van der Waals surface area contributed by atoms with Gasteiger partial charge >= 0.3 is 5.97 Å². The summed E-state index contributed by atoms with van der Waals surface area (Å²) in [4.78, 5) is 47.8. The lowest BCUT2D eigenvalue weighted by atomic mass is 9.99. The van der Waals surface area contributed by atoms with Crippen molar-refractivity contribution >= 4 is 35.5 Å². The van der Waals surface area contributed by atoms with Gasteiger partial charge in [0.05, 0.1) is 12.6 Å². The quantitative estimate of drug-likeness (QED) is 0.281. The van der Waals surface area contributed by atoms with Crippen LogP contribution in [-0.2, 0) is 19.2 Å². The molecule has 0 saturated heterocycles. The summed E-state index contributed by atoms with van der Waals surface area (Å²) in [7, 11) is 0. The van der Waals surface area contributed by atoms with Crippen molar-refractivity contribution in [1.29, 1.82) is 0 Å². The number of hydrogen-bond acceptors (Lipinski definition) is 6. The first kappa shape index (κ1) is 26.2. The molecule has 0 radical (unpaired) electrons. The monoisotopic (exact) mass is 418 g/mol. The maximum atomic E-state index is 12.4. The van der Waals surface area contributed by atoms with E-state index in [1.54, 1.807) is 13.8 Å². The summed E-state index contributed by atoms with van der Waals surface area (Å²) in [6, 6.07) is -2.58. The predicted molar refractivity (Wildman–Crippen MR) is 110 cm³/mol. The van der Waals surface area contributed by atoms with Crippen molar-refractivity contribution < 1.29 is 24.3 Å². The number of carboxylic acids is 1. The Kier molecular flexibility index (Phi) is 12.5. The predicted octanol–water partition coefficient (Wildman–Crippen LogP) is -0.0607. The van der Waals surface area contributed by atoms with E-state index in [0.29, 0.717) is 12.2 Å². The molecule has 0 aliphatic rings. The van der Waals surface area contributed by atoms with E-state index >= 15 is 0 Å². The fourth-order valence-electron chi connectivity index (χ4n) is 2.31. The molecule has 4 unspecified atom stereocenters. The average molecular weight is 419 g/mol. The standard InChI is InChI=1S/C18H34N4O5S/c1-6-11(4)14(19)17(25)21-12(7-8-28-5)16(24)20-9-13(23)22-15(10(2)3)18(26)27/h10-12,14-15H,6-9,19H2,1-5H3,(H,20,24)(H,21,25)(H,22,23)(H,26,27). The number of aliphatic carboxylic acids is 1. The first-order chi connectivity index (χ1) is 13.0. The van der Waals surface area contributed by atoms with E-state index in [0.717, 1.165) is 6.42 Å². The lowest BCUT2D eigenvalue weighted by molar-refractivity contribution is -0.143. The van der Waals surface area contributed by atoms with E-state index in [4.69, 9.17) is 10.8 Å². The topological polar surface area (TPSA) is 151 Å². The third-order valence-corrected chi connectivity index (χ3v) is 5.12. The summed E-state index contributed by atoms with van der Waals surface area (Å²) in [5.74, 6) is -2.36. The second-order valence-corrected chi connectivity index (χ2v) is 8.08. The maximum Gasteiger partial charge on any atom is 0.326 e. The number of thioether (sulfide) groups is 1. The molecule has 0 aromatic carbocycles. The Bertz CT molecular complexity index is 544. The number of amides is 3. The summed E-state index contributed by atoms with van der Waals surface area (Å²) < 4.78 is 0. The fraction of sp³-hybridized carbons (Fsp3) is 0.778. The molecule has 4 atom stereocenters. The van der Waals surface area contributed by atoms with Crippen LogP contribution in [0.1, 0.15) is 40.5 Å². The van der Waals surface area contributed by atoms with Crippen molar-refractivity contribution in [3.8, 4) is 0 Å². The van der Waals surface area contributed by atoms with E-state index in [2.05, 4.69) is 16.0 Å². The molecule has 0 fully saturated rings. The number of nitrogens with one attached hydrogen (secondary N) is 3. The summed E-state index contributed by atoms with van der Waals surface area (Å²) in [5, 5.41) is 16.6. The average Bonchev–Trinajstić information content (AvgIpc) is 2.65. The van der Waals surface area contributed by atoms with Gasteiger partial charge in [-0.2, -0.15) is 11.8 Å². The highest BCUT2D eigenvalue weighted by Gasteiger charge is 2.27. The summed E-state index contributed by atoms with van der Waals surface area (Å²) in [5.41, 5.74) is 5.91. The fourth-order valence-corrected chi connectivity index (χ4v) is 2.78. The minimum atomic E-state index is -1.14. The Balaban J connectivity index is 4.82. The molecule has 0 rings (SSSR count). The molecule has 0 aromatic rings. The van der Waals surface area contributed by atoms with Crippen molar-refractivity contribution in [2.24, 2.45) is 17.6 Å². The first-order valence-corrected chi connectivity index (χ1v) is 10.8. The molecule has 162 valence electrons. The number of nitrogens with two attached hydrogens (primary N) is 1. The molecule has 6 N–H and O–H groups in total. The molecule has 0 heterocycles. The van der Waals surface area contributed by atoms with Gasteiger partial charge in [0.1, 0.15) is 12.1 Å². The summed E-state index contributed by atoms with van der Waals surface area (Å²) in [6.45, 7) is 6.76. The van der Waals surface area contributed by atoms with Crippen LogP contribution in [0.15, 0.2) is 0 Å². The number of carbonyl (C=O) groups is 4. The molecule has 0 saturated carbocycles. The van der Waals surface area contributed by atoms with E-state index in [-0.39, 0.29) is 18.4 Å². The number of rotatable bonds is 13. The molecule has 0 bridgehead atoms. The first-order valence-electron chi connectivity index (χ1n) is 9.39.